The largest absolute Gasteiger partial charge is 0.302 e. The topological polar surface area (TPSA) is 62.8 Å². The SMILES string of the molecule is O=S(=O)(F)CCc1cn[nH]c1. The summed E-state index contributed by atoms with van der Waals surface area (Å²) in [7, 11) is -4.34. The van der Waals surface area contributed by atoms with E-state index in [9.17, 15) is 12.3 Å². The van der Waals surface area contributed by atoms with Gasteiger partial charge in [-0.25, -0.2) is 0 Å². The Morgan fingerprint density at radius 1 is 1.64 bits per heavy atom. The predicted molar refractivity (Wildman–Crippen MR) is 37.2 cm³/mol. The summed E-state index contributed by atoms with van der Waals surface area (Å²) in [5, 5.41) is 6.08. The van der Waals surface area contributed by atoms with E-state index in [1.807, 2.05) is 0 Å². The van der Waals surface area contributed by atoms with Gasteiger partial charge >= 0.3 is 10.2 Å². The number of aromatic amines is 1. The van der Waals surface area contributed by atoms with Crippen molar-refractivity contribution in [2.75, 3.05) is 5.75 Å². The number of hydrogen-bond acceptors (Lipinski definition) is 3. The maximum atomic E-state index is 11.9. The van der Waals surface area contributed by atoms with E-state index in [2.05, 4.69) is 10.2 Å². The van der Waals surface area contributed by atoms with Crippen LogP contribution in [0, 0.1) is 0 Å². The maximum Gasteiger partial charge on any atom is 0.302 e. The van der Waals surface area contributed by atoms with Crippen molar-refractivity contribution in [3.63, 3.8) is 0 Å². The maximum absolute atomic E-state index is 11.9. The molecule has 0 aliphatic rings. The molecule has 1 aromatic rings. The van der Waals surface area contributed by atoms with Crippen molar-refractivity contribution in [2.24, 2.45) is 0 Å². The van der Waals surface area contributed by atoms with E-state index in [0.717, 1.165) is 0 Å². The molecule has 0 amide bonds. The Balaban J connectivity index is 2.48. The molecule has 1 N–H and O–H groups in total. The molecule has 0 unspecified atom stereocenters. The first-order chi connectivity index (χ1) is 5.08. The van der Waals surface area contributed by atoms with Crippen LogP contribution in [0.3, 0.4) is 0 Å². The summed E-state index contributed by atoms with van der Waals surface area (Å²) in [4.78, 5) is 0. The molecule has 0 aliphatic heterocycles. The van der Waals surface area contributed by atoms with Crippen molar-refractivity contribution >= 4 is 10.2 Å². The van der Waals surface area contributed by atoms with Gasteiger partial charge in [-0.2, -0.15) is 13.5 Å². The van der Waals surface area contributed by atoms with Crippen molar-refractivity contribution in [2.45, 2.75) is 6.42 Å². The van der Waals surface area contributed by atoms with E-state index in [0.29, 0.717) is 5.56 Å². The predicted octanol–water partition coefficient (Wildman–Crippen LogP) is 0.252. The number of aromatic nitrogens is 2. The van der Waals surface area contributed by atoms with E-state index in [4.69, 9.17) is 0 Å². The van der Waals surface area contributed by atoms with Gasteiger partial charge in [0.05, 0.1) is 11.9 Å². The summed E-state index contributed by atoms with van der Waals surface area (Å²) >= 11 is 0. The molecule has 0 fully saturated rings. The first-order valence-corrected chi connectivity index (χ1v) is 4.53. The molecule has 0 bridgehead atoms. The number of nitrogens with one attached hydrogen (secondary N) is 1. The van der Waals surface area contributed by atoms with Crippen LogP contribution >= 0.6 is 0 Å². The fraction of sp³-hybridized carbons (Fsp3) is 0.400. The summed E-state index contributed by atoms with van der Waals surface area (Å²) in [5.74, 6) is -0.480. The molecule has 1 heterocycles. The minimum Gasteiger partial charge on any atom is -0.285 e. The second-order valence-corrected chi connectivity index (χ2v) is 3.59. The Kier molecular flexibility index (Phi) is 2.23. The van der Waals surface area contributed by atoms with E-state index >= 15 is 0 Å². The van der Waals surface area contributed by atoms with Gasteiger partial charge in [-0.1, -0.05) is 0 Å². The van der Waals surface area contributed by atoms with Crippen molar-refractivity contribution in [1.82, 2.24) is 10.2 Å². The van der Waals surface area contributed by atoms with Crippen LogP contribution in [0.15, 0.2) is 12.4 Å². The van der Waals surface area contributed by atoms with Crippen LogP contribution in [0.4, 0.5) is 3.89 Å². The van der Waals surface area contributed by atoms with Crippen molar-refractivity contribution in [3.05, 3.63) is 18.0 Å². The molecule has 0 aliphatic carbocycles. The number of rotatable bonds is 3. The molecule has 0 saturated carbocycles. The van der Waals surface area contributed by atoms with E-state index in [-0.39, 0.29) is 6.42 Å². The lowest BCUT2D eigenvalue weighted by atomic mass is 10.3. The molecular formula is C5H7FN2O2S. The van der Waals surface area contributed by atoms with Gasteiger partial charge in [-0.05, 0) is 12.0 Å². The zero-order valence-electron chi connectivity index (χ0n) is 5.62. The standard InChI is InChI=1S/C5H7FN2O2S/c6-11(9,10)2-1-5-3-7-8-4-5/h3-4H,1-2H2,(H,7,8). The highest BCUT2D eigenvalue weighted by atomic mass is 32.3. The second-order valence-electron chi connectivity index (χ2n) is 2.10. The molecule has 0 aromatic carbocycles. The van der Waals surface area contributed by atoms with Gasteiger partial charge in [0.25, 0.3) is 0 Å². The third kappa shape index (κ3) is 3.13. The molecule has 0 saturated heterocycles. The van der Waals surface area contributed by atoms with Crippen LogP contribution in [0.5, 0.6) is 0 Å². The Morgan fingerprint density at radius 3 is 2.82 bits per heavy atom. The van der Waals surface area contributed by atoms with Crippen molar-refractivity contribution in [1.29, 1.82) is 0 Å². The normalized spacial score (nSPS) is 11.7. The number of hydrogen-bond donors (Lipinski definition) is 1. The van der Waals surface area contributed by atoms with Crippen LogP contribution in [-0.4, -0.2) is 24.4 Å². The molecule has 0 radical (unpaired) electrons. The molecule has 1 rings (SSSR count). The third-order valence-corrected chi connectivity index (χ3v) is 1.88. The smallest absolute Gasteiger partial charge is 0.285 e. The van der Waals surface area contributed by atoms with Crippen LogP contribution < -0.4 is 0 Å². The van der Waals surface area contributed by atoms with Crippen LogP contribution in [-0.2, 0) is 16.6 Å². The number of nitrogens with zero attached hydrogens (tertiary/aromatic N) is 1. The lowest BCUT2D eigenvalue weighted by Gasteiger charge is -1.90. The summed E-state index contributed by atoms with van der Waals surface area (Å²) in [6.07, 6.45) is 3.16. The van der Waals surface area contributed by atoms with Gasteiger partial charge in [-0.15, -0.1) is 3.89 Å². The summed E-state index contributed by atoms with van der Waals surface area (Å²) < 4.78 is 32.0. The van der Waals surface area contributed by atoms with E-state index in [1.165, 1.54) is 12.4 Å². The molecule has 6 heteroatoms. The minimum absolute atomic E-state index is 0.162. The summed E-state index contributed by atoms with van der Waals surface area (Å²) in [6, 6.07) is 0. The Hall–Kier alpha value is -0.910. The Labute approximate surface area is 63.6 Å². The average Bonchev–Trinajstić information content (AvgIpc) is 2.32. The third-order valence-electron chi connectivity index (χ3n) is 1.19. The Bertz CT molecular complexity index is 305. The molecule has 4 nitrogen and oxygen atoms in total. The molecule has 0 spiro atoms. The van der Waals surface area contributed by atoms with Crippen LogP contribution in [0.25, 0.3) is 0 Å². The highest BCUT2D eigenvalue weighted by Gasteiger charge is 2.06. The summed E-state index contributed by atoms with van der Waals surface area (Å²) in [6.45, 7) is 0. The number of aryl methyl sites for hydroxylation is 1. The van der Waals surface area contributed by atoms with Gasteiger partial charge < -0.3 is 0 Å². The highest BCUT2D eigenvalue weighted by molar-refractivity contribution is 7.86. The zero-order chi connectivity index (χ0) is 8.32. The highest BCUT2D eigenvalue weighted by Crippen LogP contribution is 1.99. The monoisotopic (exact) mass is 178 g/mol. The quantitative estimate of drug-likeness (QED) is 0.675. The summed E-state index contributed by atoms with van der Waals surface area (Å²) in [5.41, 5.74) is 0.686. The lowest BCUT2D eigenvalue weighted by molar-refractivity contribution is 0.551. The van der Waals surface area contributed by atoms with Gasteiger partial charge in [0.1, 0.15) is 0 Å². The van der Waals surface area contributed by atoms with Gasteiger partial charge in [-0.3, -0.25) is 5.10 Å². The number of halogens is 1. The average molecular weight is 178 g/mol. The van der Waals surface area contributed by atoms with Gasteiger partial charge in [0.15, 0.2) is 0 Å². The van der Waals surface area contributed by atoms with E-state index < -0.39 is 16.0 Å². The zero-order valence-corrected chi connectivity index (χ0v) is 6.44. The first-order valence-electron chi connectivity index (χ1n) is 2.98. The van der Waals surface area contributed by atoms with Gasteiger partial charge in [0.2, 0.25) is 0 Å². The minimum atomic E-state index is -4.34. The van der Waals surface area contributed by atoms with Crippen molar-refractivity contribution < 1.29 is 12.3 Å². The molecule has 62 valence electrons. The van der Waals surface area contributed by atoms with E-state index in [1.54, 1.807) is 0 Å². The molecule has 11 heavy (non-hydrogen) atoms. The molecular weight excluding hydrogens is 171 g/mol. The number of H-pyrrole nitrogens is 1. The van der Waals surface area contributed by atoms with Crippen LogP contribution in [0.2, 0.25) is 0 Å². The van der Waals surface area contributed by atoms with Crippen LogP contribution in [0.1, 0.15) is 5.56 Å². The van der Waals surface area contributed by atoms with Gasteiger partial charge in [0, 0.05) is 6.20 Å². The van der Waals surface area contributed by atoms with Crippen molar-refractivity contribution in [3.8, 4) is 0 Å². The Morgan fingerprint density at radius 2 is 2.36 bits per heavy atom. The fourth-order valence-corrected chi connectivity index (χ4v) is 1.13. The fourth-order valence-electron chi connectivity index (χ4n) is 0.654. The second kappa shape index (κ2) is 3.00. The lowest BCUT2D eigenvalue weighted by Crippen LogP contribution is -2.00. The first kappa shape index (κ1) is 8.19. The molecule has 0 atom stereocenters. The molecule has 1 aromatic heterocycles.